The fraction of sp³-hybridized carbons (Fsp3) is 0.545. The Balaban J connectivity index is 1.74. The average Bonchev–Trinajstić information content (AvgIpc) is 3.05. The lowest BCUT2D eigenvalue weighted by atomic mass is 10.1. The van der Waals surface area contributed by atoms with Crippen molar-refractivity contribution in [3.05, 3.63) is 11.8 Å². The largest absolute Gasteiger partial charge is 0.396 e. The fourth-order valence-corrected chi connectivity index (χ4v) is 3.84. The summed E-state index contributed by atoms with van der Waals surface area (Å²) in [4.78, 5) is 22.3. The summed E-state index contributed by atoms with van der Waals surface area (Å²) in [6, 6.07) is 0.00769. The SMILES string of the molecule is O=[PH](O)O[C@H]1C[C@H](Nc2ncnc3scnc23)C[C@@H]1CO. The smallest absolute Gasteiger partial charge is 0.316 e. The number of anilines is 1. The quantitative estimate of drug-likeness (QED) is 0.696. The monoisotopic (exact) mass is 330 g/mol. The van der Waals surface area contributed by atoms with E-state index in [4.69, 9.17) is 9.42 Å². The second-order valence-corrected chi connectivity index (χ2v) is 6.51. The van der Waals surface area contributed by atoms with Crippen LogP contribution in [-0.2, 0) is 9.09 Å². The van der Waals surface area contributed by atoms with Gasteiger partial charge in [-0.3, -0.25) is 4.57 Å². The molecule has 21 heavy (non-hydrogen) atoms. The summed E-state index contributed by atoms with van der Waals surface area (Å²) in [5.74, 6) is 0.483. The molecule has 1 aliphatic carbocycles. The van der Waals surface area contributed by atoms with Crippen molar-refractivity contribution in [1.29, 1.82) is 0 Å². The van der Waals surface area contributed by atoms with Crippen LogP contribution in [0.2, 0.25) is 0 Å². The molecule has 0 saturated heterocycles. The number of aliphatic hydroxyl groups is 1. The first kappa shape index (κ1) is 14.8. The molecule has 1 aliphatic rings. The third-order valence-corrected chi connectivity index (χ3v) is 4.83. The summed E-state index contributed by atoms with van der Waals surface area (Å²) in [7, 11) is -3.01. The fourth-order valence-electron chi connectivity index (χ4n) is 2.66. The number of hydrogen-bond donors (Lipinski definition) is 3. The molecule has 0 spiro atoms. The molecule has 3 N–H and O–H groups in total. The van der Waals surface area contributed by atoms with Crippen molar-refractivity contribution in [3.8, 4) is 0 Å². The van der Waals surface area contributed by atoms with Gasteiger partial charge in [0.2, 0.25) is 0 Å². The Kier molecular flexibility index (Phi) is 4.46. The van der Waals surface area contributed by atoms with E-state index in [1.54, 1.807) is 5.51 Å². The van der Waals surface area contributed by atoms with Crippen LogP contribution in [0.5, 0.6) is 0 Å². The predicted octanol–water partition coefficient (Wildman–Crippen LogP) is 1.04. The van der Waals surface area contributed by atoms with Crippen LogP contribution in [0.25, 0.3) is 10.3 Å². The Morgan fingerprint density at radius 3 is 3.05 bits per heavy atom. The number of hydrogen-bond acceptors (Lipinski definition) is 8. The van der Waals surface area contributed by atoms with Gasteiger partial charge in [0.1, 0.15) is 16.7 Å². The molecule has 114 valence electrons. The molecular formula is C11H15N4O4PS. The minimum absolute atomic E-state index is 0.00769. The summed E-state index contributed by atoms with van der Waals surface area (Å²) in [5.41, 5.74) is 2.42. The number of thiazole rings is 1. The molecule has 10 heteroatoms. The number of rotatable bonds is 5. The second kappa shape index (κ2) is 6.33. The van der Waals surface area contributed by atoms with Gasteiger partial charge >= 0.3 is 8.25 Å². The summed E-state index contributed by atoms with van der Waals surface area (Å²) in [6.07, 6.45) is 2.24. The van der Waals surface area contributed by atoms with Crippen molar-refractivity contribution in [1.82, 2.24) is 15.0 Å². The topological polar surface area (TPSA) is 117 Å². The zero-order valence-corrected chi connectivity index (χ0v) is 12.8. The summed E-state index contributed by atoms with van der Waals surface area (Å²) in [6.45, 7) is -0.0755. The molecule has 0 aromatic carbocycles. The van der Waals surface area contributed by atoms with E-state index in [2.05, 4.69) is 20.3 Å². The molecule has 1 unspecified atom stereocenters. The molecule has 2 aromatic rings. The summed E-state index contributed by atoms with van der Waals surface area (Å²) in [5, 5.41) is 12.6. The van der Waals surface area contributed by atoms with Gasteiger partial charge in [0, 0.05) is 18.6 Å². The highest BCUT2D eigenvalue weighted by molar-refractivity contribution is 7.32. The van der Waals surface area contributed by atoms with Crippen molar-refractivity contribution in [2.24, 2.45) is 5.92 Å². The maximum absolute atomic E-state index is 10.9. The van der Waals surface area contributed by atoms with E-state index in [9.17, 15) is 9.67 Å². The van der Waals surface area contributed by atoms with Gasteiger partial charge < -0.3 is 19.8 Å². The highest BCUT2D eigenvalue weighted by atomic mass is 32.1. The first-order chi connectivity index (χ1) is 10.2. The minimum atomic E-state index is -3.01. The van der Waals surface area contributed by atoms with Crippen LogP contribution in [-0.4, -0.2) is 43.7 Å². The Morgan fingerprint density at radius 2 is 2.29 bits per heavy atom. The number of nitrogens with one attached hydrogen (secondary N) is 1. The Labute approximate surface area is 125 Å². The van der Waals surface area contributed by atoms with Gasteiger partial charge in [-0.05, 0) is 12.8 Å². The van der Waals surface area contributed by atoms with E-state index in [-0.39, 0.29) is 18.6 Å². The van der Waals surface area contributed by atoms with Crippen LogP contribution < -0.4 is 5.32 Å². The second-order valence-electron chi connectivity index (χ2n) is 4.91. The molecule has 0 aliphatic heterocycles. The number of nitrogens with zero attached hydrogens (tertiary/aromatic N) is 3. The van der Waals surface area contributed by atoms with Crippen LogP contribution in [0.15, 0.2) is 11.8 Å². The lowest BCUT2D eigenvalue weighted by Gasteiger charge is -2.15. The maximum atomic E-state index is 10.9. The van der Waals surface area contributed by atoms with E-state index in [0.717, 1.165) is 4.83 Å². The van der Waals surface area contributed by atoms with Gasteiger partial charge in [-0.25, -0.2) is 15.0 Å². The summed E-state index contributed by atoms with van der Waals surface area (Å²) < 4.78 is 15.9. The van der Waals surface area contributed by atoms with Crippen molar-refractivity contribution >= 4 is 35.8 Å². The van der Waals surface area contributed by atoms with Crippen molar-refractivity contribution in [3.63, 3.8) is 0 Å². The van der Waals surface area contributed by atoms with E-state index in [1.165, 1.54) is 17.7 Å². The maximum Gasteiger partial charge on any atom is 0.316 e. The third-order valence-electron chi connectivity index (χ3n) is 3.59. The average molecular weight is 330 g/mol. The molecule has 0 bridgehead atoms. The van der Waals surface area contributed by atoms with E-state index in [0.29, 0.717) is 24.2 Å². The Bertz CT molecular complexity index is 654. The number of aliphatic hydroxyl groups excluding tert-OH is 1. The summed E-state index contributed by atoms with van der Waals surface area (Å²) >= 11 is 1.44. The van der Waals surface area contributed by atoms with Gasteiger partial charge in [0.05, 0.1) is 11.6 Å². The molecule has 2 aromatic heterocycles. The molecule has 0 radical (unpaired) electrons. The molecule has 1 saturated carbocycles. The molecule has 3 rings (SSSR count). The highest BCUT2D eigenvalue weighted by Gasteiger charge is 2.36. The van der Waals surface area contributed by atoms with Crippen LogP contribution in [0.3, 0.4) is 0 Å². The van der Waals surface area contributed by atoms with E-state index < -0.39 is 14.4 Å². The zero-order chi connectivity index (χ0) is 14.8. The van der Waals surface area contributed by atoms with Crippen LogP contribution >= 0.6 is 19.6 Å². The molecule has 4 atom stereocenters. The van der Waals surface area contributed by atoms with Crippen molar-refractivity contribution in [2.75, 3.05) is 11.9 Å². The highest BCUT2D eigenvalue weighted by Crippen LogP contribution is 2.36. The van der Waals surface area contributed by atoms with Gasteiger partial charge in [-0.15, -0.1) is 11.3 Å². The van der Waals surface area contributed by atoms with Crippen molar-refractivity contribution < 1.29 is 19.1 Å². The molecule has 2 heterocycles. The number of fused-ring (bicyclic) bond motifs is 1. The lowest BCUT2D eigenvalue weighted by Crippen LogP contribution is -2.18. The van der Waals surface area contributed by atoms with Gasteiger partial charge in [-0.1, -0.05) is 0 Å². The van der Waals surface area contributed by atoms with Crippen molar-refractivity contribution in [2.45, 2.75) is 25.0 Å². The minimum Gasteiger partial charge on any atom is -0.396 e. The van der Waals surface area contributed by atoms with Crippen LogP contribution in [0.4, 0.5) is 5.82 Å². The first-order valence-electron chi connectivity index (χ1n) is 6.48. The van der Waals surface area contributed by atoms with Gasteiger partial charge in [0.25, 0.3) is 0 Å². The van der Waals surface area contributed by atoms with E-state index >= 15 is 0 Å². The van der Waals surface area contributed by atoms with Gasteiger partial charge in [-0.2, -0.15) is 0 Å². The predicted molar refractivity (Wildman–Crippen MR) is 78.5 cm³/mol. The first-order valence-corrected chi connectivity index (χ1v) is 8.63. The third kappa shape index (κ3) is 3.22. The Hall–Kier alpha value is -1.12. The molecule has 0 amide bonds. The normalized spacial score (nSPS) is 27.0. The van der Waals surface area contributed by atoms with Crippen LogP contribution in [0.1, 0.15) is 12.8 Å². The van der Waals surface area contributed by atoms with E-state index in [1.807, 2.05) is 0 Å². The molecular weight excluding hydrogens is 315 g/mol. The number of aromatic nitrogens is 3. The van der Waals surface area contributed by atoms with Gasteiger partial charge in [0.15, 0.2) is 5.82 Å². The molecule has 8 nitrogen and oxygen atoms in total. The lowest BCUT2D eigenvalue weighted by molar-refractivity contribution is 0.106. The molecule has 1 fully saturated rings. The Morgan fingerprint density at radius 1 is 1.43 bits per heavy atom. The standard InChI is InChI=1S/C11H15N4O4PS/c16-3-6-1-7(2-8(6)19-20(17)18)15-10-9-11(13-4-12-10)21-5-14-9/h4-8,16,20H,1-3H2,(H,17,18)(H,12,13,15)/t6-,7-,8+/m1/s1. The zero-order valence-electron chi connectivity index (χ0n) is 11.0. The van der Waals surface area contributed by atoms with Crippen LogP contribution in [0, 0.1) is 5.92 Å².